The van der Waals surface area contributed by atoms with E-state index in [-0.39, 0.29) is 0 Å². The fraction of sp³-hybridized carbons (Fsp3) is 0.625. The molecule has 0 saturated carbocycles. The molecule has 0 spiro atoms. The molecule has 0 aliphatic heterocycles. The number of rotatable bonds is 10. The minimum absolute atomic E-state index is 0.474. The zero-order chi connectivity index (χ0) is 14.8. The zero-order valence-electron chi connectivity index (χ0n) is 12.1. The first-order chi connectivity index (χ1) is 9.65. The molecule has 0 unspecified atom stereocenters. The summed E-state index contributed by atoms with van der Waals surface area (Å²) in [6, 6.07) is 3.30. The number of unbranched alkanes of at least 4 members (excludes halogenated alkanes) is 7. The maximum absolute atomic E-state index is 6.05. The van der Waals surface area contributed by atoms with Gasteiger partial charge in [-0.1, -0.05) is 86.7 Å². The number of halogens is 3. The highest BCUT2D eigenvalue weighted by Crippen LogP contribution is 2.35. The van der Waals surface area contributed by atoms with Crippen LogP contribution in [0.3, 0.4) is 0 Å². The first-order valence-electron chi connectivity index (χ1n) is 7.42. The van der Waals surface area contributed by atoms with Gasteiger partial charge in [-0.2, -0.15) is 0 Å². The smallest absolute Gasteiger partial charge is 0.156 e. The van der Waals surface area contributed by atoms with E-state index in [4.69, 9.17) is 39.5 Å². The van der Waals surface area contributed by atoms with Crippen molar-refractivity contribution in [2.75, 3.05) is 6.61 Å². The molecular formula is C16H23Cl3O. The van der Waals surface area contributed by atoms with E-state index in [2.05, 4.69) is 6.92 Å². The molecule has 1 aromatic rings. The van der Waals surface area contributed by atoms with Gasteiger partial charge in [-0.05, 0) is 18.6 Å². The molecule has 0 aromatic heterocycles. The van der Waals surface area contributed by atoms with E-state index in [0.29, 0.717) is 27.4 Å². The third-order valence-electron chi connectivity index (χ3n) is 3.21. The van der Waals surface area contributed by atoms with Crippen LogP contribution in [0.15, 0.2) is 12.1 Å². The van der Waals surface area contributed by atoms with E-state index in [0.717, 1.165) is 6.42 Å². The minimum Gasteiger partial charge on any atom is -0.490 e. The second-order valence-electron chi connectivity index (χ2n) is 5.02. The highest BCUT2D eigenvalue weighted by atomic mass is 35.5. The first kappa shape index (κ1) is 17.9. The molecule has 1 rings (SSSR count). The fourth-order valence-corrected chi connectivity index (χ4v) is 3.00. The molecule has 1 aromatic carbocycles. The van der Waals surface area contributed by atoms with Gasteiger partial charge in [0.25, 0.3) is 0 Å². The molecule has 0 bridgehead atoms. The monoisotopic (exact) mass is 336 g/mol. The Bertz CT molecular complexity index is 370. The van der Waals surface area contributed by atoms with Crippen LogP contribution in [0, 0.1) is 0 Å². The molecule has 0 atom stereocenters. The molecule has 1 nitrogen and oxygen atoms in total. The van der Waals surface area contributed by atoms with Gasteiger partial charge in [0.15, 0.2) is 5.75 Å². The SMILES string of the molecule is CCCCCCCCCCOc1c(Cl)cc(Cl)cc1Cl. The van der Waals surface area contributed by atoms with Gasteiger partial charge in [0.1, 0.15) is 0 Å². The van der Waals surface area contributed by atoms with Crippen molar-refractivity contribution >= 4 is 34.8 Å². The van der Waals surface area contributed by atoms with Crippen molar-refractivity contribution in [3.8, 4) is 5.75 Å². The summed E-state index contributed by atoms with van der Waals surface area (Å²) >= 11 is 18.0. The Balaban J connectivity index is 2.13. The van der Waals surface area contributed by atoms with Crippen LogP contribution in [0.2, 0.25) is 15.1 Å². The number of ether oxygens (including phenoxy) is 1. The first-order valence-corrected chi connectivity index (χ1v) is 8.56. The summed E-state index contributed by atoms with van der Waals surface area (Å²) in [5.74, 6) is 0.542. The van der Waals surface area contributed by atoms with E-state index in [1.807, 2.05) is 0 Å². The lowest BCUT2D eigenvalue weighted by Crippen LogP contribution is -1.98. The number of benzene rings is 1. The van der Waals surface area contributed by atoms with Crippen LogP contribution in [-0.2, 0) is 0 Å². The van der Waals surface area contributed by atoms with E-state index >= 15 is 0 Å². The summed E-state index contributed by atoms with van der Waals surface area (Å²) in [5.41, 5.74) is 0. The predicted octanol–water partition coefficient (Wildman–Crippen LogP) is 7.17. The van der Waals surface area contributed by atoms with Crippen molar-refractivity contribution in [1.82, 2.24) is 0 Å². The second kappa shape index (κ2) is 10.6. The summed E-state index contributed by atoms with van der Waals surface area (Å²) in [5, 5.41) is 1.48. The summed E-state index contributed by atoms with van der Waals surface area (Å²) in [4.78, 5) is 0. The van der Waals surface area contributed by atoms with Crippen molar-refractivity contribution in [2.45, 2.75) is 58.3 Å². The topological polar surface area (TPSA) is 9.23 Å². The molecule has 0 radical (unpaired) electrons. The van der Waals surface area contributed by atoms with Crippen molar-refractivity contribution < 1.29 is 4.74 Å². The highest BCUT2D eigenvalue weighted by Gasteiger charge is 2.08. The normalized spacial score (nSPS) is 10.8. The van der Waals surface area contributed by atoms with Crippen LogP contribution in [0.1, 0.15) is 58.3 Å². The summed E-state index contributed by atoms with van der Waals surface area (Å²) in [6.45, 7) is 2.89. The largest absolute Gasteiger partial charge is 0.490 e. The lowest BCUT2D eigenvalue weighted by atomic mass is 10.1. The van der Waals surface area contributed by atoms with Crippen LogP contribution in [0.4, 0.5) is 0 Å². The van der Waals surface area contributed by atoms with Crippen molar-refractivity contribution in [2.24, 2.45) is 0 Å². The number of hydrogen-bond acceptors (Lipinski definition) is 1. The Morgan fingerprint density at radius 3 is 1.85 bits per heavy atom. The average Bonchev–Trinajstić information content (AvgIpc) is 2.39. The molecule has 4 heteroatoms. The van der Waals surface area contributed by atoms with E-state index < -0.39 is 0 Å². The second-order valence-corrected chi connectivity index (χ2v) is 6.27. The van der Waals surface area contributed by atoms with Crippen molar-refractivity contribution in [1.29, 1.82) is 0 Å². The van der Waals surface area contributed by atoms with E-state index in [1.165, 1.54) is 44.9 Å². The van der Waals surface area contributed by atoms with Crippen LogP contribution in [0.5, 0.6) is 5.75 Å². The van der Waals surface area contributed by atoms with E-state index in [9.17, 15) is 0 Å². The molecular weight excluding hydrogens is 315 g/mol. The van der Waals surface area contributed by atoms with Gasteiger partial charge in [0, 0.05) is 5.02 Å². The maximum Gasteiger partial charge on any atom is 0.156 e. The lowest BCUT2D eigenvalue weighted by Gasteiger charge is -2.10. The van der Waals surface area contributed by atoms with Gasteiger partial charge in [-0.25, -0.2) is 0 Å². The van der Waals surface area contributed by atoms with Crippen LogP contribution >= 0.6 is 34.8 Å². The van der Waals surface area contributed by atoms with Gasteiger partial charge in [-0.3, -0.25) is 0 Å². The maximum atomic E-state index is 6.05. The molecule has 114 valence electrons. The third-order valence-corrected chi connectivity index (χ3v) is 3.99. The zero-order valence-corrected chi connectivity index (χ0v) is 14.3. The van der Waals surface area contributed by atoms with Crippen LogP contribution in [-0.4, -0.2) is 6.61 Å². The Kier molecular flexibility index (Phi) is 9.50. The average molecular weight is 338 g/mol. The van der Waals surface area contributed by atoms with Gasteiger partial charge >= 0.3 is 0 Å². The highest BCUT2D eigenvalue weighted by molar-refractivity contribution is 6.40. The molecule has 20 heavy (non-hydrogen) atoms. The fourth-order valence-electron chi connectivity index (χ4n) is 2.08. The minimum atomic E-state index is 0.474. The molecule has 0 N–H and O–H groups in total. The molecule has 0 fully saturated rings. The summed E-state index contributed by atoms with van der Waals surface area (Å²) < 4.78 is 5.65. The Hall–Kier alpha value is -0.110. The predicted molar refractivity (Wildman–Crippen MR) is 89.6 cm³/mol. The van der Waals surface area contributed by atoms with Gasteiger partial charge < -0.3 is 4.74 Å². The summed E-state index contributed by atoms with van der Waals surface area (Å²) in [6.07, 6.45) is 10.2. The van der Waals surface area contributed by atoms with Crippen molar-refractivity contribution in [3.63, 3.8) is 0 Å². The van der Waals surface area contributed by atoms with Gasteiger partial charge in [0.05, 0.1) is 16.7 Å². The van der Waals surface area contributed by atoms with Crippen molar-refractivity contribution in [3.05, 3.63) is 27.2 Å². The molecule has 0 saturated heterocycles. The van der Waals surface area contributed by atoms with Gasteiger partial charge in [-0.15, -0.1) is 0 Å². The van der Waals surface area contributed by atoms with E-state index in [1.54, 1.807) is 12.1 Å². The van der Waals surface area contributed by atoms with Crippen LogP contribution < -0.4 is 4.74 Å². The Morgan fingerprint density at radius 1 is 0.800 bits per heavy atom. The Labute approximate surface area is 137 Å². The lowest BCUT2D eigenvalue weighted by molar-refractivity contribution is 0.304. The Morgan fingerprint density at radius 2 is 1.30 bits per heavy atom. The molecule has 0 aliphatic carbocycles. The summed E-state index contributed by atoms with van der Waals surface area (Å²) in [7, 11) is 0. The standard InChI is InChI=1S/C16H23Cl3O/c1-2-3-4-5-6-7-8-9-10-20-16-14(18)11-13(17)12-15(16)19/h11-12H,2-10H2,1H3. The number of hydrogen-bond donors (Lipinski definition) is 0. The molecule has 0 amide bonds. The molecule has 0 aliphatic rings. The quantitative estimate of drug-likeness (QED) is 0.411. The molecule has 0 heterocycles. The van der Waals surface area contributed by atoms with Crippen LogP contribution in [0.25, 0.3) is 0 Å². The van der Waals surface area contributed by atoms with Gasteiger partial charge in [0.2, 0.25) is 0 Å². The third kappa shape index (κ3) is 7.06.